The fourth-order valence-corrected chi connectivity index (χ4v) is 3.31. The van der Waals surface area contributed by atoms with Crippen molar-refractivity contribution >= 4 is 29.3 Å². The van der Waals surface area contributed by atoms with Gasteiger partial charge in [0, 0.05) is 37.7 Å². The predicted octanol–water partition coefficient (Wildman–Crippen LogP) is 3.62. The molecule has 2 aromatic rings. The Morgan fingerprint density at radius 1 is 1.07 bits per heavy atom. The summed E-state index contributed by atoms with van der Waals surface area (Å²) in [5, 5.41) is 3.69. The second-order valence-corrected chi connectivity index (χ2v) is 7.22. The number of piperazine rings is 1. The average molecular weight is 400 g/mol. The lowest BCUT2D eigenvalue weighted by Gasteiger charge is -2.33. The minimum Gasteiger partial charge on any atom is -0.495 e. The van der Waals surface area contributed by atoms with E-state index in [-0.39, 0.29) is 5.91 Å². The number of para-hydroxylation sites is 2. The highest BCUT2D eigenvalue weighted by atomic mass is 35.5. The standard InChI is InChI=1S/C22H26ClN3O2/c1-28-21-7-3-2-6-20(21)24-22(27)17-26-15-13-25(14-16-26)12-4-5-18-8-10-19(23)11-9-18/h2-11H,12-17H2,1H3,(H,24,27)/b5-4+. The number of benzene rings is 2. The van der Waals surface area contributed by atoms with E-state index in [1.807, 2.05) is 48.5 Å². The van der Waals surface area contributed by atoms with Crippen LogP contribution in [0.4, 0.5) is 5.69 Å². The predicted molar refractivity (Wildman–Crippen MR) is 115 cm³/mol. The Labute approximate surface area is 171 Å². The van der Waals surface area contributed by atoms with Crippen LogP contribution in [-0.2, 0) is 4.79 Å². The average Bonchev–Trinajstić information content (AvgIpc) is 2.71. The largest absolute Gasteiger partial charge is 0.495 e. The third kappa shape index (κ3) is 6.09. The first-order valence-electron chi connectivity index (χ1n) is 9.44. The van der Waals surface area contributed by atoms with Crippen molar-refractivity contribution in [3.05, 3.63) is 65.2 Å². The molecule has 1 amide bonds. The van der Waals surface area contributed by atoms with Gasteiger partial charge in [0.1, 0.15) is 5.75 Å². The molecule has 1 fully saturated rings. The van der Waals surface area contributed by atoms with E-state index >= 15 is 0 Å². The van der Waals surface area contributed by atoms with Crippen LogP contribution in [-0.4, -0.2) is 62.1 Å². The fraction of sp³-hybridized carbons (Fsp3) is 0.318. The van der Waals surface area contributed by atoms with Crippen LogP contribution in [0.1, 0.15) is 5.56 Å². The van der Waals surface area contributed by atoms with E-state index in [9.17, 15) is 4.79 Å². The van der Waals surface area contributed by atoms with Gasteiger partial charge in [-0.05, 0) is 29.8 Å². The van der Waals surface area contributed by atoms with Gasteiger partial charge in [-0.3, -0.25) is 14.6 Å². The SMILES string of the molecule is COc1ccccc1NC(=O)CN1CCN(C/C=C/c2ccc(Cl)cc2)CC1. The van der Waals surface area contributed by atoms with Crippen LogP contribution in [0.2, 0.25) is 5.02 Å². The highest BCUT2D eigenvalue weighted by molar-refractivity contribution is 6.30. The number of halogens is 1. The molecule has 0 aliphatic carbocycles. The molecule has 0 atom stereocenters. The van der Waals surface area contributed by atoms with E-state index in [4.69, 9.17) is 16.3 Å². The van der Waals surface area contributed by atoms with Gasteiger partial charge < -0.3 is 10.1 Å². The summed E-state index contributed by atoms with van der Waals surface area (Å²) in [4.78, 5) is 16.9. The molecular formula is C22H26ClN3O2. The quantitative estimate of drug-likeness (QED) is 0.772. The van der Waals surface area contributed by atoms with Crippen molar-refractivity contribution < 1.29 is 9.53 Å². The molecule has 0 aromatic heterocycles. The van der Waals surface area contributed by atoms with Crippen molar-refractivity contribution in [1.82, 2.24) is 9.80 Å². The molecular weight excluding hydrogens is 374 g/mol. The van der Waals surface area contributed by atoms with Gasteiger partial charge in [0.2, 0.25) is 5.91 Å². The summed E-state index contributed by atoms with van der Waals surface area (Å²) >= 11 is 5.91. The molecule has 5 nitrogen and oxygen atoms in total. The molecule has 1 aliphatic rings. The number of methoxy groups -OCH3 is 1. The fourth-order valence-electron chi connectivity index (χ4n) is 3.18. The summed E-state index contributed by atoms with van der Waals surface area (Å²) in [6.45, 7) is 4.97. The summed E-state index contributed by atoms with van der Waals surface area (Å²) in [6.07, 6.45) is 4.29. The molecule has 3 rings (SSSR count). The summed E-state index contributed by atoms with van der Waals surface area (Å²) in [6, 6.07) is 15.3. The van der Waals surface area contributed by atoms with E-state index in [0.717, 1.165) is 43.3 Å². The van der Waals surface area contributed by atoms with Gasteiger partial charge in [0.25, 0.3) is 0 Å². The van der Waals surface area contributed by atoms with Gasteiger partial charge in [-0.2, -0.15) is 0 Å². The number of hydrogen-bond acceptors (Lipinski definition) is 4. The molecule has 148 valence electrons. The van der Waals surface area contributed by atoms with Crippen molar-refractivity contribution in [2.75, 3.05) is 51.7 Å². The number of carbonyl (C=O) groups excluding carboxylic acids is 1. The van der Waals surface area contributed by atoms with Gasteiger partial charge >= 0.3 is 0 Å². The van der Waals surface area contributed by atoms with Crippen LogP contribution in [0.25, 0.3) is 6.08 Å². The molecule has 2 aromatic carbocycles. The third-order valence-electron chi connectivity index (χ3n) is 4.76. The van der Waals surface area contributed by atoms with Crippen molar-refractivity contribution in [2.45, 2.75) is 0 Å². The van der Waals surface area contributed by atoms with Crippen LogP contribution >= 0.6 is 11.6 Å². The van der Waals surface area contributed by atoms with Crippen LogP contribution in [0.5, 0.6) is 5.75 Å². The number of hydrogen-bond donors (Lipinski definition) is 1. The zero-order chi connectivity index (χ0) is 19.8. The van der Waals surface area contributed by atoms with Crippen LogP contribution in [0.15, 0.2) is 54.6 Å². The second kappa shape index (κ2) is 10.3. The number of amides is 1. The Hall–Kier alpha value is -2.34. The lowest BCUT2D eigenvalue weighted by atomic mass is 10.2. The van der Waals surface area contributed by atoms with Gasteiger partial charge in [0.05, 0.1) is 19.3 Å². The number of nitrogens with zero attached hydrogens (tertiary/aromatic N) is 2. The molecule has 28 heavy (non-hydrogen) atoms. The Bertz CT molecular complexity index is 800. The van der Waals surface area contributed by atoms with Crippen molar-refractivity contribution in [1.29, 1.82) is 0 Å². The smallest absolute Gasteiger partial charge is 0.238 e. The monoisotopic (exact) mass is 399 g/mol. The zero-order valence-electron chi connectivity index (χ0n) is 16.1. The lowest BCUT2D eigenvalue weighted by Crippen LogP contribution is -2.48. The summed E-state index contributed by atoms with van der Waals surface area (Å²) in [5.74, 6) is 0.661. The molecule has 6 heteroatoms. The van der Waals surface area contributed by atoms with Gasteiger partial charge in [-0.15, -0.1) is 0 Å². The van der Waals surface area contributed by atoms with E-state index in [1.54, 1.807) is 7.11 Å². The number of ether oxygens (including phenoxy) is 1. The molecule has 1 saturated heterocycles. The maximum atomic E-state index is 12.3. The maximum absolute atomic E-state index is 12.3. The molecule has 0 radical (unpaired) electrons. The molecule has 0 bridgehead atoms. The van der Waals surface area contributed by atoms with Crippen LogP contribution in [0.3, 0.4) is 0 Å². The highest BCUT2D eigenvalue weighted by Gasteiger charge is 2.18. The van der Waals surface area contributed by atoms with Gasteiger partial charge in [-0.25, -0.2) is 0 Å². The van der Waals surface area contributed by atoms with Gasteiger partial charge in [0.15, 0.2) is 0 Å². The van der Waals surface area contributed by atoms with E-state index in [1.165, 1.54) is 0 Å². The first-order chi connectivity index (χ1) is 13.6. The molecule has 0 saturated carbocycles. The van der Waals surface area contributed by atoms with Gasteiger partial charge in [-0.1, -0.05) is 48.0 Å². The zero-order valence-corrected chi connectivity index (χ0v) is 16.9. The Kier molecular flexibility index (Phi) is 7.48. The molecule has 0 unspecified atom stereocenters. The number of nitrogens with one attached hydrogen (secondary N) is 1. The highest BCUT2D eigenvalue weighted by Crippen LogP contribution is 2.22. The summed E-state index contributed by atoms with van der Waals surface area (Å²) in [7, 11) is 1.60. The topological polar surface area (TPSA) is 44.8 Å². The second-order valence-electron chi connectivity index (χ2n) is 6.78. The van der Waals surface area contributed by atoms with Crippen molar-refractivity contribution in [3.63, 3.8) is 0 Å². The summed E-state index contributed by atoms with van der Waals surface area (Å²) in [5.41, 5.74) is 1.86. The van der Waals surface area contributed by atoms with Crippen molar-refractivity contribution in [2.24, 2.45) is 0 Å². The maximum Gasteiger partial charge on any atom is 0.238 e. The van der Waals surface area contributed by atoms with E-state index in [0.29, 0.717) is 18.0 Å². The van der Waals surface area contributed by atoms with Crippen LogP contribution in [0, 0.1) is 0 Å². The molecule has 1 heterocycles. The number of rotatable bonds is 7. The molecule has 1 N–H and O–H groups in total. The minimum absolute atomic E-state index is 0.0133. The number of anilines is 1. The summed E-state index contributed by atoms with van der Waals surface area (Å²) < 4.78 is 5.28. The Morgan fingerprint density at radius 2 is 1.75 bits per heavy atom. The van der Waals surface area contributed by atoms with Crippen LogP contribution < -0.4 is 10.1 Å². The Morgan fingerprint density at radius 3 is 2.46 bits per heavy atom. The molecule has 0 spiro atoms. The van der Waals surface area contributed by atoms with Crippen molar-refractivity contribution in [3.8, 4) is 5.75 Å². The first-order valence-corrected chi connectivity index (χ1v) is 9.81. The number of carbonyl (C=O) groups is 1. The first kappa shape index (κ1) is 20.4. The van der Waals surface area contributed by atoms with E-state index in [2.05, 4.69) is 27.3 Å². The third-order valence-corrected chi connectivity index (χ3v) is 5.01. The van der Waals surface area contributed by atoms with E-state index < -0.39 is 0 Å². The lowest BCUT2D eigenvalue weighted by molar-refractivity contribution is -0.117. The Balaban J connectivity index is 1.40. The minimum atomic E-state index is -0.0133. The molecule has 1 aliphatic heterocycles. The normalized spacial score (nSPS) is 15.6.